The number of aliphatic hydroxyl groups is 1. The average molecular weight is 284 g/mol. The van der Waals surface area contributed by atoms with E-state index >= 15 is 0 Å². The molecule has 19 heavy (non-hydrogen) atoms. The molecule has 4 nitrogen and oxygen atoms in total. The monoisotopic (exact) mass is 284 g/mol. The van der Waals surface area contributed by atoms with E-state index in [1.54, 1.807) is 6.92 Å². The van der Waals surface area contributed by atoms with Crippen LogP contribution in [0.1, 0.15) is 32.3 Å². The molecule has 0 radical (unpaired) electrons. The highest BCUT2D eigenvalue weighted by molar-refractivity contribution is 7.08. The second kappa shape index (κ2) is 7.03. The maximum atomic E-state index is 12.1. The fourth-order valence-electron chi connectivity index (χ4n) is 1.95. The molecule has 0 aromatic carbocycles. The molecule has 1 aromatic rings. The number of carbonyl (C=O) groups is 1. The first kappa shape index (κ1) is 16.1. The molecule has 1 aromatic heterocycles. The van der Waals surface area contributed by atoms with Gasteiger partial charge in [0.15, 0.2) is 0 Å². The Balaban J connectivity index is 2.58. The molecule has 1 rings (SSSR count). The normalized spacial score (nSPS) is 16.1. The largest absolute Gasteiger partial charge is 0.384 e. The zero-order valence-corrected chi connectivity index (χ0v) is 13.0. The van der Waals surface area contributed by atoms with Crippen molar-refractivity contribution in [2.45, 2.75) is 38.3 Å². The van der Waals surface area contributed by atoms with Gasteiger partial charge < -0.3 is 10.4 Å². The summed E-state index contributed by atoms with van der Waals surface area (Å²) in [6.07, 6.45) is 1.77. The Morgan fingerprint density at radius 1 is 1.58 bits per heavy atom. The molecule has 2 atom stereocenters. The molecule has 0 aliphatic carbocycles. The summed E-state index contributed by atoms with van der Waals surface area (Å²) >= 11 is 1.54. The molecular weight excluding hydrogens is 260 g/mol. The van der Waals surface area contributed by atoms with Crippen molar-refractivity contribution < 1.29 is 9.90 Å². The Labute approximate surface area is 119 Å². The minimum atomic E-state index is -1.02. The van der Waals surface area contributed by atoms with Crippen LogP contribution < -0.4 is 5.32 Å². The topological polar surface area (TPSA) is 52.6 Å². The van der Waals surface area contributed by atoms with Gasteiger partial charge in [-0.2, -0.15) is 11.3 Å². The molecule has 2 unspecified atom stereocenters. The van der Waals surface area contributed by atoms with Gasteiger partial charge >= 0.3 is 0 Å². The van der Waals surface area contributed by atoms with Gasteiger partial charge in [0.05, 0.1) is 12.6 Å². The van der Waals surface area contributed by atoms with E-state index < -0.39 is 5.60 Å². The molecule has 0 aliphatic heterocycles. The predicted molar refractivity (Wildman–Crippen MR) is 79.3 cm³/mol. The molecule has 1 amide bonds. The highest BCUT2D eigenvalue weighted by Crippen LogP contribution is 2.22. The summed E-state index contributed by atoms with van der Waals surface area (Å²) < 4.78 is 0. The molecule has 0 aliphatic rings. The van der Waals surface area contributed by atoms with Crippen LogP contribution in [0, 0.1) is 0 Å². The van der Waals surface area contributed by atoms with Gasteiger partial charge in [0.1, 0.15) is 5.60 Å². The minimum absolute atomic E-state index is 0.0256. The zero-order valence-electron chi connectivity index (χ0n) is 12.1. The number of hydrogen-bond acceptors (Lipinski definition) is 4. The van der Waals surface area contributed by atoms with Gasteiger partial charge in [-0.1, -0.05) is 13.3 Å². The van der Waals surface area contributed by atoms with E-state index in [0.29, 0.717) is 0 Å². The standard InChI is InChI=1S/C14H24N2O2S/c1-5-6-12(16(3)4)13(17)15-10-14(2,18)11-7-8-19-9-11/h7-9,12,18H,5-6,10H2,1-4H3,(H,15,17). The van der Waals surface area contributed by atoms with Crippen molar-refractivity contribution in [3.8, 4) is 0 Å². The third-order valence-electron chi connectivity index (χ3n) is 3.24. The molecule has 5 heteroatoms. The van der Waals surface area contributed by atoms with Gasteiger partial charge in [0.2, 0.25) is 5.91 Å². The SMILES string of the molecule is CCCC(C(=O)NCC(C)(O)c1ccsc1)N(C)C. The van der Waals surface area contributed by atoms with Crippen LogP contribution in [0.15, 0.2) is 16.8 Å². The van der Waals surface area contributed by atoms with Gasteiger partial charge in [0.25, 0.3) is 0 Å². The third-order valence-corrected chi connectivity index (χ3v) is 3.92. The first-order valence-electron chi connectivity index (χ1n) is 6.57. The fourth-order valence-corrected chi connectivity index (χ4v) is 2.73. The van der Waals surface area contributed by atoms with E-state index in [0.717, 1.165) is 18.4 Å². The van der Waals surface area contributed by atoms with Crippen molar-refractivity contribution in [1.82, 2.24) is 10.2 Å². The average Bonchev–Trinajstić information content (AvgIpc) is 2.87. The quantitative estimate of drug-likeness (QED) is 0.803. The Kier molecular flexibility index (Phi) is 5.97. The summed E-state index contributed by atoms with van der Waals surface area (Å²) in [4.78, 5) is 14.0. The summed E-state index contributed by atoms with van der Waals surface area (Å²) in [6, 6.07) is 1.75. The van der Waals surface area contributed by atoms with Gasteiger partial charge in [-0.3, -0.25) is 9.69 Å². The first-order chi connectivity index (χ1) is 8.88. The van der Waals surface area contributed by atoms with Gasteiger partial charge in [0, 0.05) is 0 Å². The Bertz CT molecular complexity index is 388. The number of nitrogens with one attached hydrogen (secondary N) is 1. The summed E-state index contributed by atoms with van der Waals surface area (Å²) in [7, 11) is 3.80. The number of hydrogen-bond donors (Lipinski definition) is 2. The maximum absolute atomic E-state index is 12.1. The summed E-state index contributed by atoms with van der Waals surface area (Å²) in [5.41, 5.74) is -0.173. The molecule has 2 N–H and O–H groups in total. The van der Waals surface area contributed by atoms with Crippen LogP contribution in [0.2, 0.25) is 0 Å². The summed E-state index contributed by atoms with van der Waals surface area (Å²) in [5.74, 6) is -0.0256. The molecule has 0 fully saturated rings. The molecular formula is C14H24N2O2S. The van der Waals surface area contributed by atoms with Crippen molar-refractivity contribution in [3.63, 3.8) is 0 Å². The van der Waals surface area contributed by atoms with Crippen molar-refractivity contribution in [2.75, 3.05) is 20.6 Å². The Morgan fingerprint density at radius 2 is 2.26 bits per heavy atom. The molecule has 108 valence electrons. The number of rotatable bonds is 7. The smallest absolute Gasteiger partial charge is 0.237 e. The number of carbonyl (C=O) groups excluding carboxylic acids is 1. The van der Waals surface area contributed by atoms with Crippen molar-refractivity contribution in [2.24, 2.45) is 0 Å². The molecule has 0 saturated heterocycles. The van der Waals surface area contributed by atoms with Crippen LogP contribution in [0.5, 0.6) is 0 Å². The van der Waals surface area contributed by atoms with E-state index in [9.17, 15) is 9.90 Å². The van der Waals surface area contributed by atoms with Crippen LogP contribution in [0.3, 0.4) is 0 Å². The fraction of sp³-hybridized carbons (Fsp3) is 0.643. The summed E-state index contributed by atoms with van der Waals surface area (Å²) in [5, 5.41) is 17.0. The van der Waals surface area contributed by atoms with E-state index in [4.69, 9.17) is 0 Å². The van der Waals surface area contributed by atoms with E-state index in [1.165, 1.54) is 11.3 Å². The number of nitrogens with zero attached hydrogens (tertiary/aromatic N) is 1. The Hall–Kier alpha value is -0.910. The van der Waals surface area contributed by atoms with Crippen molar-refractivity contribution in [3.05, 3.63) is 22.4 Å². The lowest BCUT2D eigenvalue weighted by Crippen LogP contribution is -2.47. The van der Waals surface area contributed by atoms with Crippen LogP contribution in [-0.2, 0) is 10.4 Å². The first-order valence-corrected chi connectivity index (χ1v) is 7.52. The molecule has 1 heterocycles. The Morgan fingerprint density at radius 3 is 2.74 bits per heavy atom. The van der Waals surface area contributed by atoms with E-state index in [-0.39, 0.29) is 18.5 Å². The maximum Gasteiger partial charge on any atom is 0.237 e. The highest BCUT2D eigenvalue weighted by Gasteiger charge is 2.26. The van der Waals surface area contributed by atoms with Crippen molar-refractivity contribution in [1.29, 1.82) is 0 Å². The van der Waals surface area contributed by atoms with Gasteiger partial charge in [-0.25, -0.2) is 0 Å². The van der Waals surface area contributed by atoms with Gasteiger partial charge in [-0.05, 0) is 49.8 Å². The van der Waals surface area contributed by atoms with Crippen LogP contribution in [0.4, 0.5) is 0 Å². The molecule has 0 bridgehead atoms. The second-order valence-corrected chi connectivity index (χ2v) is 6.05. The molecule has 0 saturated carbocycles. The lowest BCUT2D eigenvalue weighted by atomic mass is 9.99. The highest BCUT2D eigenvalue weighted by atomic mass is 32.1. The van der Waals surface area contributed by atoms with Crippen LogP contribution >= 0.6 is 11.3 Å². The minimum Gasteiger partial charge on any atom is -0.384 e. The van der Waals surface area contributed by atoms with E-state index in [2.05, 4.69) is 12.2 Å². The van der Waals surface area contributed by atoms with Gasteiger partial charge in [-0.15, -0.1) is 0 Å². The number of amides is 1. The molecule has 0 spiro atoms. The third kappa shape index (κ3) is 4.60. The predicted octanol–water partition coefficient (Wildman–Crippen LogP) is 1.80. The second-order valence-electron chi connectivity index (χ2n) is 5.27. The van der Waals surface area contributed by atoms with E-state index in [1.807, 2.05) is 35.8 Å². The zero-order chi connectivity index (χ0) is 14.5. The van der Waals surface area contributed by atoms with Crippen LogP contribution in [0.25, 0.3) is 0 Å². The number of thiophene rings is 1. The summed E-state index contributed by atoms with van der Waals surface area (Å²) in [6.45, 7) is 4.02. The van der Waals surface area contributed by atoms with Crippen LogP contribution in [-0.4, -0.2) is 42.6 Å². The lowest BCUT2D eigenvalue weighted by molar-refractivity contribution is -0.127. The number of likely N-dealkylation sites (N-methyl/N-ethyl adjacent to an activating group) is 1. The lowest BCUT2D eigenvalue weighted by Gasteiger charge is -2.27. The van der Waals surface area contributed by atoms with Crippen molar-refractivity contribution >= 4 is 17.2 Å².